The zero-order valence-corrected chi connectivity index (χ0v) is 24.1. The maximum atomic E-state index is 13.0. The minimum Gasteiger partial charge on any atom is -0.379 e. The smallest absolute Gasteiger partial charge is 0.379 e. The van der Waals surface area contributed by atoms with Gasteiger partial charge in [0, 0.05) is 19.5 Å². The van der Waals surface area contributed by atoms with Crippen LogP contribution in [-0.4, -0.2) is 25.8 Å². The van der Waals surface area contributed by atoms with E-state index in [2.05, 4.69) is 20.8 Å². The van der Waals surface area contributed by atoms with Crippen molar-refractivity contribution in [2.75, 3.05) is 6.54 Å². The number of hydrogen-bond donors (Lipinski definition) is 0. The Bertz CT molecular complexity index is 1120. The largest absolute Gasteiger partial charge is 0.416 e. The monoisotopic (exact) mass is 569 g/mol. The number of amides is 1. The van der Waals surface area contributed by atoms with E-state index in [-0.39, 0.29) is 17.6 Å². The van der Waals surface area contributed by atoms with E-state index in [4.69, 9.17) is 4.18 Å². The summed E-state index contributed by atoms with van der Waals surface area (Å²) in [4.78, 5) is 14.2. The molecular formula is C30H42F3NO4S. The number of unbranched alkanes of at least 4 members (excludes halogenated alkanes) is 8. The Kier molecular flexibility index (Phi) is 13.3. The first kappa shape index (κ1) is 32.7. The first-order valence-corrected chi connectivity index (χ1v) is 15.3. The van der Waals surface area contributed by atoms with Crippen LogP contribution >= 0.6 is 0 Å². The third-order valence-corrected chi connectivity index (χ3v) is 7.63. The number of carbonyl (C=O) groups excluding carboxylic acids is 1. The average molecular weight is 570 g/mol. The molecule has 5 nitrogen and oxygen atoms in total. The molecule has 0 aliphatic heterocycles. The molecule has 0 fully saturated rings. The van der Waals surface area contributed by atoms with Crippen molar-refractivity contribution >= 4 is 16.0 Å². The SMILES string of the molecule is CCCCCCCCCCCC(=O)N(Cc1ccc(OS(=O)(=O)c2cccc(C(F)(F)F)c2)cc1)CC(C)C. The predicted octanol–water partition coefficient (Wildman–Crippen LogP) is 8.38. The molecule has 2 rings (SSSR count). The first-order valence-electron chi connectivity index (χ1n) is 13.9. The number of alkyl halides is 3. The number of nitrogens with zero attached hydrogens (tertiary/aromatic N) is 1. The van der Waals surface area contributed by atoms with Crippen LogP contribution in [0.3, 0.4) is 0 Å². The van der Waals surface area contributed by atoms with E-state index in [0.29, 0.717) is 25.6 Å². The normalized spacial score (nSPS) is 12.1. The third kappa shape index (κ3) is 12.0. The van der Waals surface area contributed by atoms with Crippen LogP contribution in [0.25, 0.3) is 0 Å². The zero-order valence-electron chi connectivity index (χ0n) is 23.3. The standard InChI is InChI=1S/C30H42F3NO4S/c1-4-5-6-7-8-9-10-11-12-16-29(35)34(22-24(2)3)23-25-17-19-27(20-18-25)38-39(36,37)28-15-13-14-26(21-28)30(31,32)33/h13-15,17-21,24H,4-12,16,22-23H2,1-3H3. The van der Waals surface area contributed by atoms with Gasteiger partial charge in [0.1, 0.15) is 10.6 Å². The fourth-order valence-electron chi connectivity index (χ4n) is 4.31. The molecule has 0 spiro atoms. The van der Waals surface area contributed by atoms with Crippen molar-refractivity contribution < 1.29 is 30.6 Å². The Labute approximate surface area is 231 Å². The van der Waals surface area contributed by atoms with Crippen LogP contribution in [0, 0.1) is 5.92 Å². The Morgan fingerprint density at radius 1 is 0.897 bits per heavy atom. The van der Waals surface area contributed by atoms with Gasteiger partial charge in [0.25, 0.3) is 0 Å². The Morgan fingerprint density at radius 3 is 2.05 bits per heavy atom. The molecule has 0 unspecified atom stereocenters. The van der Waals surface area contributed by atoms with Gasteiger partial charge in [0.15, 0.2) is 0 Å². The van der Waals surface area contributed by atoms with E-state index >= 15 is 0 Å². The van der Waals surface area contributed by atoms with E-state index in [0.717, 1.165) is 43.0 Å². The fraction of sp³-hybridized carbons (Fsp3) is 0.567. The quantitative estimate of drug-likeness (QED) is 0.142. The molecule has 1 amide bonds. The van der Waals surface area contributed by atoms with Gasteiger partial charge in [-0.15, -0.1) is 0 Å². The van der Waals surface area contributed by atoms with E-state index in [9.17, 15) is 26.4 Å². The second-order valence-electron chi connectivity index (χ2n) is 10.5. The number of benzene rings is 2. The van der Waals surface area contributed by atoms with Gasteiger partial charge in [-0.25, -0.2) is 0 Å². The summed E-state index contributed by atoms with van der Waals surface area (Å²) in [7, 11) is -4.45. The molecule has 0 atom stereocenters. The highest BCUT2D eigenvalue weighted by molar-refractivity contribution is 7.87. The van der Waals surface area contributed by atoms with Crippen LogP contribution in [0.5, 0.6) is 5.75 Å². The van der Waals surface area contributed by atoms with Crippen LogP contribution < -0.4 is 4.18 Å². The second kappa shape index (κ2) is 15.9. The molecule has 2 aromatic carbocycles. The molecular weight excluding hydrogens is 527 g/mol. The summed E-state index contributed by atoms with van der Waals surface area (Å²) in [5.74, 6) is 0.365. The lowest BCUT2D eigenvalue weighted by Gasteiger charge is -2.25. The molecule has 0 heterocycles. The van der Waals surface area contributed by atoms with E-state index in [1.807, 2.05) is 4.90 Å². The van der Waals surface area contributed by atoms with Crippen molar-refractivity contribution in [3.8, 4) is 5.75 Å². The van der Waals surface area contributed by atoms with Crippen molar-refractivity contribution in [3.05, 3.63) is 59.7 Å². The lowest BCUT2D eigenvalue weighted by atomic mass is 10.1. The van der Waals surface area contributed by atoms with Crippen LogP contribution in [0.1, 0.15) is 96.1 Å². The molecule has 0 saturated carbocycles. The molecule has 0 aliphatic carbocycles. The Balaban J connectivity index is 1.92. The van der Waals surface area contributed by atoms with Crippen LogP contribution in [-0.2, 0) is 27.6 Å². The second-order valence-corrected chi connectivity index (χ2v) is 12.0. The van der Waals surface area contributed by atoms with Crippen molar-refractivity contribution in [2.24, 2.45) is 5.92 Å². The van der Waals surface area contributed by atoms with Crippen LogP contribution in [0.2, 0.25) is 0 Å². The topological polar surface area (TPSA) is 63.7 Å². The van der Waals surface area contributed by atoms with Crippen molar-refractivity contribution in [3.63, 3.8) is 0 Å². The molecule has 0 bridgehead atoms. The molecule has 39 heavy (non-hydrogen) atoms. The lowest BCUT2D eigenvalue weighted by Crippen LogP contribution is -2.33. The van der Waals surface area contributed by atoms with Gasteiger partial charge in [0.05, 0.1) is 5.56 Å². The Hall–Kier alpha value is -2.55. The van der Waals surface area contributed by atoms with Crippen molar-refractivity contribution in [1.82, 2.24) is 4.90 Å². The molecule has 9 heteroatoms. The molecule has 0 saturated heterocycles. The average Bonchev–Trinajstić information content (AvgIpc) is 2.87. The van der Waals surface area contributed by atoms with Gasteiger partial charge in [0.2, 0.25) is 5.91 Å². The highest BCUT2D eigenvalue weighted by atomic mass is 32.2. The summed E-state index contributed by atoms with van der Waals surface area (Å²) >= 11 is 0. The van der Waals surface area contributed by atoms with E-state index < -0.39 is 26.8 Å². The summed E-state index contributed by atoms with van der Waals surface area (Å²) < 4.78 is 69.0. The zero-order chi connectivity index (χ0) is 28.9. The van der Waals surface area contributed by atoms with E-state index in [1.165, 1.54) is 50.7 Å². The summed E-state index contributed by atoms with van der Waals surface area (Å²) in [6.07, 6.45) is 6.50. The molecule has 2 aromatic rings. The minimum absolute atomic E-state index is 0.0207. The molecule has 0 radical (unpaired) electrons. The van der Waals surface area contributed by atoms with Crippen molar-refractivity contribution in [1.29, 1.82) is 0 Å². The van der Waals surface area contributed by atoms with Gasteiger partial charge in [-0.1, -0.05) is 90.3 Å². The predicted molar refractivity (Wildman–Crippen MR) is 148 cm³/mol. The van der Waals surface area contributed by atoms with Gasteiger partial charge >= 0.3 is 16.3 Å². The maximum absolute atomic E-state index is 13.0. The van der Waals surface area contributed by atoms with E-state index in [1.54, 1.807) is 12.1 Å². The molecule has 0 N–H and O–H groups in total. The summed E-state index contributed by atoms with van der Waals surface area (Å²) in [6, 6.07) is 9.64. The molecule has 218 valence electrons. The van der Waals surface area contributed by atoms with Gasteiger partial charge in [-0.3, -0.25) is 4.79 Å². The van der Waals surface area contributed by atoms with Gasteiger partial charge in [-0.05, 0) is 48.2 Å². The molecule has 0 aliphatic rings. The minimum atomic E-state index is -4.67. The lowest BCUT2D eigenvalue weighted by molar-refractivity contribution is -0.137. The first-order chi connectivity index (χ1) is 18.4. The highest BCUT2D eigenvalue weighted by Crippen LogP contribution is 2.31. The third-order valence-electron chi connectivity index (χ3n) is 6.39. The molecule has 0 aromatic heterocycles. The Morgan fingerprint density at radius 2 is 1.49 bits per heavy atom. The van der Waals surface area contributed by atoms with Crippen LogP contribution in [0.15, 0.2) is 53.4 Å². The fourth-order valence-corrected chi connectivity index (χ4v) is 5.29. The summed E-state index contributed by atoms with van der Waals surface area (Å²) in [5, 5.41) is 0. The van der Waals surface area contributed by atoms with Crippen molar-refractivity contribution in [2.45, 2.75) is 103 Å². The van der Waals surface area contributed by atoms with Crippen LogP contribution in [0.4, 0.5) is 13.2 Å². The number of rotatable bonds is 17. The summed E-state index contributed by atoms with van der Waals surface area (Å²) in [5.41, 5.74) is -0.264. The number of hydrogen-bond acceptors (Lipinski definition) is 4. The maximum Gasteiger partial charge on any atom is 0.416 e. The highest BCUT2D eigenvalue weighted by Gasteiger charge is 2.32. The number of carbonyl (C=O) groups is 1. The van der Waals surface area contributed by atoms with Gasteiger partial charge < -0.3 is 9.08 Å². The summed E-state index contributed by atoms with van der Waals surface area (Å²) in [6.45, 7) is 7.31. The van der Waals surface area contributed by atoms with Gasteiger partial charge in [-0.2, -0.15) is 21.6 Å². The number of halogens is 3.